The van der Waals surface area contributed by atoms with E-state index in [9.17, 15) is 10.2 Å². The van der Waals surface area contributed by atoms with Crippen molar-refractivity contribution in [2.24, 2.45) is 5.41 Å². The van der Waals surface area contributed by atoms with E-state index in [0.717, 1.165) is 5.56 Å². The van der Waals surface area contributed by atoms with Crippen LogP contribution in [0.4, 0.5) is 0 Å². The molecule has 0 amide bonds. The number of aliphatic hydroxyl groups is 2. The highest BCUT2D eigenvalue weighted by molar-refractivity contribution is 5.13. The van der Waals surface area contributed by atoms with Gasteiger partial charge in [-0.1, -0.05) is 30.3 Å². The summed E-state index contributed by atoms with van der Waals surface area (Å²) in [4.78, 5) is 0. The van der Waals surface area contributed by atoms with E-state index in [2.05, 4.69) is 0 Å². The molecule has 1 rings (SSSR count). The molecule has 0 aliphatic heterocycles. The number of aliphatic hydroxyl groups excluding tert-OH is 2. The molecular formula is C13H20O4. The average Bonchev–Trinajstić information content (AvgIpc) is 2.39. The van der Waals surface area contributed by atoms with E-state index in [-0.39, 0.29) is 26.4 Å². The van der Waals surface area contributed by atoms with E-state index in [1.54, 1.807) is 0 Å². The number of hydrogen-bond acceptors (Lipinski definition) is 4. The van der Waals surface area contributed by atoms with Gasteiger partial charge in [-0.3, -0.25) is 0 Å². The fraction of sp³-hybridized carbons (Fsp3) is 0.538. The molecule has 0 fully saturated rings. The SMILES string of the molecule is COCC(CO)(CO)COCc1ccccc1. The Hall–Kier alpha value is -0.940. The van der Waals surface area contributed by atoms with Crippen LogP contribution < -0.4 is 0 Å². The molecule has 0 spiro atoms. The molecule has 0 atom stereocenters. The van der Waals surface area contributed by atoms with Crippen molar-refractivity contribution in [2.45, 2.75) is 6.61 Å². The van der Waals surface area contributed by atoms with Gasteiger partial charge < -0.3 is 19.7 Å². The van der Waals surface area contributed by atoms with Gasteiger partial charge >= 0.3 is 0 Å². The van der Waals surface area contributed by atoms with Crippen LogP contribution >= 0.6 is 0 Å². The second-order valence-corrected chi connectivity index (χ2v) is 4.23. The Morgan fingerprint density at radius 1 is 1.06 bits per heavy atom. The summed E-state index contributed by atoms with van der Waals surface area (Å²) in [5.41, 5.74) is 0.346. The number of hydrogen-bond donors (Lipinski definition) is 2. The summed E-state index contributed by atoms with van der Waals surface area (Å²) in [7, 11) is 1.54. The maximum atomic E-state index is 9.28. The lowest BCUT2D eigenvalue weighted by Gasteiger charge is -2.28. The molecule has 0 aromatic heterocycles. The van der Waals surface area contributed by atoms with Crippen molar-refractivity contribution < 1.29 is 19.7 Å². The standard InChI is InChI=1S/C13H20O4/c1-16-10-13(8-14,9-15)11-17-7-12-5-3-2-4-6-12/h2-6,14-15H,7-11H2,1H3. The molecule has 4 heteroatoms. The van der Waals surface area contributed by atoms with Gasteiger partial charge in [0.2, 0.25) is 0 Å². The van der Waals surface area contributed by atoms with E-state index in [4.69, 9.17) is 9.47 Å². The molecule has 0 saturated carbocycles. The fourth-order valence-corrected chi connectivity index (χ4v) is 1.54. The largest absolute Gasteiger partial charge is 0.396 e. The zero-order valence-corrected chi connectivity index (χ0v) is 10.1. The lowest BCUT2D eigenvalue weighted by molar-refractivity contribution is -0.0715. The zero-order chi connectivity index (χ0) is 12.6. The summed E-state index contributed by atoms with van der Waals surface area (Å²) in [5.74, 6) is 0. The summed E-state index contributed by atoms with van der Waals surface area (Å²) in [6.45, 7) is 0.683. The first kappa shape index (κ1) is 14.1. The van der Waals surface area contributed by atoms with Crippen LogP contribution in [0.2, 0.25) is 0 Å². The Morgan fingerprint density at radius 3 is 2.24 bits per heavy atom. The van der Waals surface area contributed by atoms with Crippen molar-refractivity contribution in [3.63, 3.8) is 0 Å². The average molecular weight is 240 g/mol. The van der Waals surface area contributed by atoms with Gasteiger partial charge in [0.1, 0.15) is 0 Å². The minimum absolute atomic E-state index is 0.161. The third kappa shape index (κ3) is 4.44. The van der Waals surface area contributed by atoms with Gasteiger partial charge in [0.05, 0.1) is 38.4 Å². The predicted molar refractivity (Wildman–Crippen MR) is 64.6 cm³/mol. The third-order valence-corrected chi connectivity index (χ3v) is 2.64. The third-order valence-electron chi connectivity index (χ3n) is 2.64. The van der Waals surface area contributed by atoms with Crippen molar-refractivity contribution in [1.29, 1.82) is 0 Å². The minimum Gasteiger partial charge on any atom is -0.396 e. The normalized spacial score (nSPS) is 11.7. The van der Waals surface area contributed by atoms with Crippen LogP contribution in [0.25, 0.3) is 0 Å². The van der Waals surface area contributed by atoms with E-state index >= 15 is 0 Å². The molecule has 0 aliphatic carbocycles. The Morgan fingerprint density at radius 2 is 1.71 bits per heavy atom. The van der Waals surface area contributed by atoms with Gasteiger partial charge in [0.25, 0.3) is 0 Å². The van der Waals surface area contributed by atoms with Crippen LogP contribution in [0.1, 0.15) is 5.56 Å². The fourth-order valence-electron chi connectivity index (χ4n) is 1.54. The summed E-state index contributed by atoms with van der Waals surface area (Å²) in [6.07, 6.45) is 0. The molecule has 0 saturated heterocycles. The van der Waals surface area contributed by atoms with Crippen LogP contribution in [0, 0.1) is 5.41 Å². The maximum absolute atomic E-state index is 9.28. The van der Waals surface area contributed by atoms with Gasteiger partial charge in [-0.15, -0.1) is 0 Å². The van der Waals surface area contributed by atoms with Crippen LogP contribution in [-0.2, 0) is 16.1 Å². The summed E-state index contributed by atoms with van der Waals surface area (Å²) in [5, 5.41) is 18.6. The Labute approximate surface area is 102 Å². The maximum Gasteiger partial charge on any atom is 0.0717 e. The molecular weight excluding hydrogens is 220 g/mol. The number of methoxy groups -OCH3 is 1. The van der Waals surface area contributed by atoms with E-state index in [1.165, 1.54) is 7.11 Å². The van der Waals surface area contributed by atoms with Crippen LogP contribution in [0.15, 0.2) is 30.3 Å². The second kappa shape index (κ2) is 7.40. The first-order valence-electron chi connectivity index (χ1n) is 5.59. The topological polar surface area (TPSA) is 58.9 Å². The van der Waals surface area contributed by atoms with Crippen molar-refractivity contribution in [3.8, 4) is 0 Å². The highest BCUT2D eigenvalue weighted by Gasteiger charge is 2.29. The van der Waals surface area contributed by atoms with Crippen LogP contribution in [0.3, 0.4) is 0 Å². The highest BCUT2D eigenvalue weighted by atomic mass is 16.5. The van der Waals surface area contributed by atoms with Crippen LogP contribution in [-0.4, -0.2) is 43.8 Å². The van der Waals surface area contributed by atoms with Crippen molar-refractivity contribution in [3.05, 3.63) is 35.9 Å². The lowest BCUT2D eigenvalue weighted by Crippen LogP contribution is -2.39. The number of ether oxygens (including phenoxy) is 2. The highest BCUT2D eigenvalue weighted by Crippen LogP contribution is 2.17. The van der Waals surface area contributed by atoms with Crippen molar-refractivity contribution in [1.82, 2.24) is 0 Å². The molecule has 17 heavy (non-hydrogen) atoms. The molecule has 0 unspecified atom stereocenters. The molecule has 1 aromatic rings. The summed E-state index contributed by atoms with van der Waals surface area (Å²) in [6, 6.07) is 9.77. The van der Waals surface area contributed by atoms with Crippen molar-refractivity contribution >= 4 is 0 Å². The minimum atomic E-state index is -0.719. The van der Waals surface area contributed by atoms with E-state index in [1.807, 2.05) is 30.3 Å². The van der Waals surface area contributed by atoms with Crippen LogP contribution in [0.5, 0.6) is 0 Å². The first-order valence-corrected chi connectivity index (χ1v) is 5.59. The molecule has 2 N–H and O–H groups in total. The molecule has 0 radical (unpaired) electrons. The Kier molecular flexibility index (Phi) is 6.15. The molecule has 96 valence electrons. The number of rotatable bonds is 8. The molecule has 0 aliphatic rings. The molecule has 4 nitrogen and oxygen atoms in total. The molecule has 0 bridgehead atoms. The monoisotopic (exact) mass is 240 g/mol. The number of benzene rings is 1. The predicted octanol–water partition coefficient (Wildman–Crippen LogP) is 0.821. The van der Waals surface area contributed by atoms with Gasteiger partial charge in [0.15, 0.2) is 0 Å². The lowest BCUT2D eigenvalue weighted by atomic mass is 9.92. The zero-order valence-electron chi connectivity index (χ0n) is 10.1. The van der Waals surface area contributed by atoms with Crippen molar-refractivity contribution in [2.75, 3.05) is 33.5 Å². The second-order valence-electron chi connectivity index (χ2n) is 4.23. The molecule has 1 aromatic carbocycles. The van der Waals surface area contributed by atoms with Gasteiger partial charge in [0, 0.05) is 7.11 Å². The Balaban J connectivity index is 2.42. The summed E-state index contributed by atoms with van der Waals surface area (Å²) >= 11 is 0. The van der Waals surface area contributed by atoms with Gasteiger partial charge in [-0.2, -0.15) is 0 Å². The van der Waals surface area contributed by atoms with E-state index < -0.39 is 5.41 Å². The van der Waals surface area contributed by atoms with Gasteiger partial charge in [-0.05, 0) is 5.56 Å². The smallest absolute Gasteiger partial charge is 0.0717 e. The first-order chi connectivity index (χ1) is 8.26. The Bertz CT molecular complexity index is 296. The van der Waals surface area contributed by atoms with E-state index in [0.29, 0.717) is 6.61 Å². The summed E-state index contributed by atoms with van der Waals surface area (Å²) < 4.78 is 10.5. The molecule has 0 heterocycles. The van der Waals surface area contributed by atoms with Gasteiger partial charge in [-0.25, -0.2) is 0 Å². The quantitative estimate of drug-likeness (QED) is 0.706.